The monoisotopic (exact) mass is 161 g/mol. The Balaban J connectivity index is 2.30. The molecule has 1 aromatic carbocycles. The topological polar surface area (TPSA) is 3.01 Å². The van der Waals surface area contributed by atoms with Gasteiger partial charge in [0, 0.05) is 17.8 Å². The van der Waals surface area contributed by atoms with Crippen molar-refractivity contribution in [2.45, 2.75) is 32.9 Å². The van der Waals surface area contributed by atoms with E-state index in [-0.39, 0.29) is 0 Å². The van der Waals surface area contributed by atoms with E-state index in [4.69, 9.17) is 0 Å². The zero-order valence-electron chi connectivity index (χ0n) is 7.91. The van der Waals surface area contributed by atoms with Gasteiger partial charge in [0.15, 0.2) is 0 Å². The van der Waals surface area contributed by atoms with Crippen molar-refractivity contribution in [3.63, 3.8) is 0 Å². The first-order valence-electron chi connectivity index (χ1n) is 4.56. The molecule has 0 bridgehead atoms. The molecule has 2 atom stereocenters. The number of hydrogen-bond acceptors (Lipinski definition) is 1. The number of hydrogen-bond donors (Lipinski definition) is 0. The minimum absolute atomic E-state index is 0.728. The van der Waals surface area contributed by atoms with Gasteiger partial charge >= 0.3 is 0 Å². The molecule has 1 aliphatic rings. The van der Waals surface area contributed by atoms with E-state index < -0.39 is 0 Å². The van der Waals surface area contributed by atoms with Crippen molar-refractivity contribution in [2.75, 3.05) is 4.90 Å². The predicted molar refractivity (Wildman–Crippen MR) is 52.6 cm³/mol. The van der Waals surface area contributed by atoms with E-state index in [0.717, 1.165) is 12.1 Å². The van der Waals surface area contributed by atoms with Gasteiger partial charge in [-0.2, -0.15) is 0 Å². The van der Waals surface area contributed by atoms with Gasteiger partial charge in [0.1, 0.15) is 0 Å². The molecule has 1 heterocycles. The highest BCUT2D eigenvalue weighted by Gasteiger charge is 2.40. The van der Waals surface area contributed by atoms with Crippen LogP contribution >= 0.6 is 0 Å². The van der Waals surface area contributed by atoms with Gasteiger partial charge in [0.2, 0.25) is 0 Å². The summed E-state index contributed by atoms with van der Waals surface area (Å²) in [6.07, 6.45) is 0. The molecule has 0 aliphatic carbocycles. The molecule has 0 unspecified atom stereocenters. The third-order valence-electron chi connectivity index (χ3n) is 2.88. The molecular weight excluding hydrogens is 146 g/mol. The van der Waals surface area contributed by atoms with E-state index in [1.165, 1.54) is 11.3 Å². The molecule has 2 rings (SSSR count). The number of anilines is 1. The van der Waals surface area contributed by atoms with Crippen LogP contribution in [0.5, 0.6) is 0 Å². The molecule has 1 nitrogen and oxygen atoms in total. The zero-order chi connectivity index (χ0) is 8.72. The Hall–Kier alpha value is -0.980. The first-order valence-corrected chi connectivity index (χ1v) is 4.56. The van der Waals surface area contributed by atoms with Crippen LogP contribution in [0.15, 0.2) is 24.3 Å². The van der Waals surface area contributed by atoms with Gasteiger partial charge in [0.25, 0.3) is 0 Å². The Morgan fingerprint density at radius 1 is 1.08 bits per heavy atom. The van der Waals surface area contributed by atoms with Crippen molar-refractivity contribution < 1.29 is 0 Å². The lowest BCUT2D eigenvalue weighted by atomic mass is 10.2. The molecule has 12 heavy (non-hydrogen) atoms. The summed E-state index contributed by atoms with van der Waals surface area (Å²) in [5.41, 5.74) is 2.78. The van der Waals surface area contributed by atoms with Crippen LogP contribution in [-0.2, 0) is 0 Å². The number of aryl methyl sites for hydroxylation is 1. The van der Waals surface area contributed by atoms with Gasteiger partial charge in [-0.1, -0.05) is 18.2 Å². The first kappa shape index (κ1) is 7.66. The highest BCUT2D eigenvalue weighted by atomic mass is 15.3. The third kappa shape index (κ3) is 1.01. The minimum atomic E-state index is 0.728. The molecule has 64 valence electrons. The maximum atomic E-state index is 2.45. The smallest absolute Gasteiger partial charge is 0.0466 e. The van der Waals surface area contributed by atoms with Crippen LogP contribution in [0, 0.1) is 6.92 Å². The van der Waals surface area contributed by atoms with Crippen LogP contribution in [0.3, 0.4) is 0 Å². The second-order valence-electron chi connectivity index (χ2n) is 3.67. The molecule has 1 saturated heterocycles. The normalized spacial score (nSPS) is 27.4. The van der Waals surface area contributed by atoms with Gasteiger partial charge < -0.3 is 4.90 Å². The van der Waals surface area contributed by atoms with Crippen LogP contribution < -0.4 is 4.90 Å². The molecule has 1 aliphatic heterocycles. The number of benzene rings is 1. The van der Waals surface area contributed by atoms with Crippen LogP contribution in [0.2, 0.25) is 0 Å². The van der Waals surface area contributed by atoms with Crippen molar-refractivity contribution in [3.05, 3.63) is 29.8 Å². The Labute approximate surface area is 74.0 Å². The highest BCUT2D eigenvalue weighted by Crippen LogP contribution is 2.36. The van der Waals surface area contributed by atoms with Gasteiger partial charge in [-0.15, -0.1) is 0 Å². The summed E-state index contributed by atoms with van der Waals surface area (Å²) in [7, 11) is 0. The summed E-state index contributed by atoms with van der Waals surface area (Å²) in [5.74, 6) is 0. The lowest BCUT2D eigenvalue weighted by Gasteiger charge is -2.07. The average Bonchev–Trinajstić information content (AvgIpc) is 2.62. The number of rotatable bonds is 1. The number of nitrogens with zero attached hydrogens (tertiary/aromatic N) is 1. The molecule has 0 spiro atoms. The van der Waals surface area contributed by atoms with Gasteiger partial charge in [0.05, 0.1) is 0 Å². The Bertz CT molecular complexity index is 285. The second kappa shape index (κ2) is 2.51. The van der Waals surface area contributed by atoms with Gasteiger partial charge in [-0.3, -0.25) is 0 Å². The van der Waals surface area contributed by atoms with Crippen molar-refractivity contribution >= 4 is 5.69 Å². The summed E-state index contributed by atoms with van der Waals surface area (Å²) < 4.78 is 0. The van der Waals surface area contributed by atoms with Crippen LogP contribution in [0.25, 0.3) is 0 Å². The fourth-order valence-electron chi connectivity index (χ4n) is 1.80. The quantitative estimate of drug-likeness (QED) is 0.572. The maximum absolute atomic E-state index is 2.45. The molecule has 1 heteroatoms. The molecule has 0 N–H and O–H groups in total. The van der Waals surface area contributed by atoms with E-state index in [0.29, 0.717) is 0 Å². The van der Waals surface area contributed by atoms with Crippen molar-refractivity contribution in [3.8, 4) is 0 Å². The fourth-order valence-corrected chi connectivity index (χ4v) is 1.80. The molecule has 1 aromatic rings. The van der Waals surface area contributed by atoms with Crippen molar-refractivity contribution in [1.82, 2.24) is 0 Å². The summed E-state index contributed by atoms with van der Waals surface area (Å²) in [5, 5.41) is 0. The van der Waals surface area contributed by atoms with Crippen LogP contribution in [0.1, 0.15) is 19.4 Å². The molecule has 0 saturated carbocycles. The van der Waals surface area contributed by atoms with Crippen LogP contribution in [-0.4, -0.2) is 12.1 Å². The second-order valence-corrected chi connectivity index (χ2v) is 3.67. The predicted octanol–water partition coefficient (Wildman–Crippen LogP) is 2.59. The molecular formula is C11H15N. The summed E-state index contributed by atoms with van der Waals surface area (Å²) in [6, 6.07) is 10.0. The van der Waals surface area contributed by atoms with Crippen molar-refractivity contribution in [2.24, 2.45) is 0 Å². The summed E-state index contributed by atoms with van der Waals surface area (Å²) in [6.45, 7) is 6.72. The molecule has 1 fully saturated rings. The van der Waals surface area contributed by atoms with E-state index in [2.05, 4.69) is 49.9 Å². The van der Waals surface area contributed by atoms with E-state index >= 15 is 0 Å². The van der Waals surface area contributed by atoms with E-state index in [9.17, 15) is 0 Å². The molecule has 0 aromatic heterocycles. The van der Waals surface area contributed by atoms with Crippen molar-refractivity contribution in [1.29, 1.82) is 0 Å². The van der Waals surface area contributed by atoms with Crippen LogP contribution in [0.4, 0.5) is 5.69 Å². The zero-order valence-corrected chi connectivity index (χ0v) is 7.91. The lowest BCUT2D eigenvalue weighted by Crippen LogP contribution is -1.98. The molecule has 0 radical (unpaired) electrons. The Morgan fingerprint density at radius 2 is 1.67 bits per heavy atom. The highest BCUT2D eigenvalue weighted by molar-refractivity contribution is 5.60. The molecule has 0 amide bonds. The largest absolute Gasteiger partial charge is 0.362 e. The summed E-state index contributed by atoms with van der Waals surface area (Å²) in [4.78, 5) is 2.45. The van der Waals surface area contributed by atoms with Gasteiger partial charge in [-0.05, 0) is 32.4 Å². The minimum Gasteiger partial charge on any atom is -0.362 e. The standard InChI is InChI=1S/C11H15N/c1-8-6-4-5-7-11(8)12-9(2)10(12)3/h4-7,9-10H,1-3H3/t9-,10+,12?. The lowest BCUT2D eigenvalue weighted by molar-refractivity contribution is 1.05. The Morgan fingerprint density at radius 3 is 2.17 bits per heavy atom. The Kier molecular flexibility index (Phi) is 1.60. The summed E-state index contributed by atoms with van der Waals surface area (Å²) >= 11 is 0. The van der Waals surface area contributed by atoms with Gasteiger partial charge in [-0.25, -0.2) is 0 Å². The number of para-hydroxylation sites is 1. The third-order valence-corrected chi connectivity index (χ3v) is 2.88. The van der Waals surface area contributed by atoms with E-state index in [1.54, 1.807) is 0 Å². The van der Waals surface area contributed by atoms with E-state index in [1.807, 2.05) is 0 Å². The first-order chi connectivity index (χ1) is 5.72. The SMILES string of the molecule is Cc1ccccc1N1[C@H](C)[C@@H]1C. The average molecular weight is 161 g/mol. The fraction of sp³-hybridized carbons (Fsp3) is 0.455. The maximum Gasteiger partial charge on any atom is 0.0466 e.